The highest BCUT2D eigenvalue weighted by molar-refractivity contribution is 7.86. The normalized spacial score (nSPS) is 12.0. The van der Waals surface area contributed by atoms with Crippen molar-refractivity contribution in [2.75, 3.05) is 0 Å². The summed E-state index contributed by atoms with van der Waals surface area (Å²) in [7, 11) is -3.76. The molecule has 0 aliphatic carbocycles. The Balaban J connectivity index is 2.33. The molecule has 0 aliphatic rings. The van der Waals surface area contributed by atoms with Gasteiger partial charge in [-0.15, -0.1) is 0 Å². The van der Waals surface area contributed by atoms with Gasteiger partial charge in [0.25, 0.3) is 0 Å². The molecule has 4 nitrogen and oxygen atoms in total. The first-order chi connectivity index (χ1) is 12.5. The van der Waals surface area contributed by atoms with Gasteiger partial charge in [0.2, 0.25) is 0 Å². The number of benzene rings is 1. The molecule has 150 valence electrons. The van der Waals surface area contributed by atoms with Crippen molar-refractivity contribution in [1.29, 1.82) is 0 Å². The lowest BCUT2D eigenvalue weighted by Gasteiger charge is -2.12. The number of aryl methyl sites for hydroxylation is 1. The molecule has 0 aliphatic heterocycles. The first-order valence-corrected chi connectivity index (χ1v) is 11.6. The van der Waals surface area contributed by atoms with E-state index >= 15 is 0 Å². The zero-order valence-electron chi connectivity index (χ0n) is 16.8. The van der Waals surface area contributed by atoms with Crippen LogP contribution in [0.15, 0.2) is 29.2 Å². The first-order valence-electron chi connectivity index (χ1n) is 10.2. The molecule has 5 heteroatoms. The average Bonchev–Trinajstić information content (AvgIpc) is 2.62. The van der Waals surface area contributed by atoms with Gasteiger partial charge in [0.15, 0.2) is 0 Å². The van der Waals surface area contributed by atoms with Crippen LogP contribution in [0.4, 0.5) is 0 Å². The minimum Gasteiger partial charge on any atom is -0.192 e. The summed E-state index contributed by atoms with van der Waals surface area (Å²) in [4.78, 5) is 0.282. The van der Waals surface area contributed by atoms with Crippen molar-refractivity contribution in [2.24, 2.45) is 0 Å². The van der Waals surface area contributed by atoms with Crippen LogP contribution in [-0.4, -0.2) is 14.5 Å². The van der Waals surface area contributed by atoms with E-state index in [0.29, 0.717) is 0 Å². The fourth-order valence-electron chi connectivity index (χ4n) is 2.96. The molecule has 0 fully saturated rings. The zero-order valence-corrected chi connectivity index (χ0v) is 17.6. The van der Waals surface area contributed by atoms with Crippen LogP contribution < -0.4 is 5.48 Å². The third-order valence-corrected chi connectivity index (χ3v) is 5.69. The monoisotopic (exact) mass is 383 g/mol. The molecule has 1 aromatic carbocycles. The fraction of sp³-hybridized carbons (Fsp3) is 0.714. The van der Waals surface area contributed by atoms with Crippen LogP contribution in [-0.2, 0) is 20.8 Å². The molecule has 0 aromatic heterocycles. The van der Waals surface area contributed by atoms with Gasteiger partial charge in [-0.3, -0.25) is 0 Å². The zero-order chi connectivity index (χ0) is 19.3. The van der Waals surface area contributed by atoms with Crippen molar-refractivity contribution in [3.8, 4) is 0 Å². The van der Waals surface area contributed by atoms with Crippen molar-refractivity contribution in [3.05, 3.63) is 29.8 Å². The highest BCUT2D eigenvalue weighted by Crippen LogP contribution is 2.20. The van der Waals surface area contributed by atoms with Gasteiger partial charge in [-0.2, -0.15) is 18.2 Å². The van der Waals surface area contributed by atoms with E-state index in [1.807, 2.05) is 26.0 Å². The Morgan fingerprint density at radius 2 is 1.42 bits per heavy atom. The van der Waals surface area contributed by atoms with Crippen LogP contribution in [0, 0.1) is 0 Å². The largest absolute Gasteiger partial charge is 0.313 e. The van der Waals surface area contributed by atoms with Gasteiger partial charge in [0, 0.05) is 6.04 Å². The lowest BCUT2D eigenvalue weighted by atomic mass is 10.0. The Morgan fingerprint density at radius 1 is 0.885 bits per heavy atom. The molecule has 0 radical (unpaired) electrons. The van der Waals surface area contributed by atoms with Gasteiger partial charge in [0.05, 0.1) is 4.90 Å². The summed E-state index contributed by atoms with van der Waals surface area (Å²) >= 11 is 0. The Kier molecular flexibility index (Phi) is 11.8. The van der Waals surface area contributed by atoms with Gasteiger partial charge < -0.3 is 0 Å². The van der Waals surface area contributed by atoms with E-state index in [0.717, 1.165) is 24.8 Å². The number of unbranched alkanes of at least 4 members (excludes halogenated alkanes) is 9. The van der Waals surface area contributed by atoms with Crippen LogP contribution in [0.2, 0.25) is 0 Å². The van der Waals surface area contributed by atoms with Crippen molar-refractivity contribution < 1.29 is 12.7 Å². The maximum absolute atomic E-state index is 12.4. The third kappa shape index (κ3) is 9.70. The number of nitrogens with one attached hydrogen (secondary N) is 1. The third-order valence-electron chi connectivity index (χ3n) is 4.44. The van der Waals surface area contributed by atoms with Gasteiger partial charge in [-0.05, 0) is 38.3 Å². The first kappa shape index (κ1) is 23.1. The summed E-state index contributed by atoms with van der Waals surface area (Å²) < 4.78 is 29.6. The Bertz CT molecular complexity index is 585. The molecule has 0 heterocycles. The number of hydroxylamine groups is 1. The second-order valence-corrected chi connectivity index (χ2v) is 8.86. The predicted octanol–water partition coefficient (Wildman–Crippen LogP) is 5.77. The SMILES string of the molecule is CCCCCCCCCCCCc1ccccc1S(=O)(=O)ONC(C)C. The Hall–Kier alpha value is -0.910. The van der Waals surface area contributed by atoms with Crippen LogP contribution in [0.5, 0.6) is 0 Å². The smallest absolute Gasteiger partial charge is 0.192 e. The molecule has 0 spiro atoms. The molecule has 26 heavy (non-hydrogen) atoms. The lowest BCUT2D eigenvalue weighted by Crippen LogP contribution is -2.27. The van der Waals surface area contributed by atoms with E-state index in [1.54, 1.807) is 12.1 Å². The number of hydrogen-bond acceptors (Lipinski definition) is 4. The van der Waals surface area contributed by atoms with E-state index < -0.39 is 10.1 Å². The Labute approximate surface area is 160 Å². The van der Waals surface area contributed by atoms with E-state index in [9.17, 15) is 8.42 Å². The van der Waals surface area contributed by atoms with Crippen molar-refractivity contribution in [2.45, 2.75) is 102 Å². The van der Waals surface area contributed by atoms with Crippen LogP contribution >= 0.6 is 0 Å². The van der Waals surface area contributed by atoms with Gasteiger partial charge in [-0.25, -0.2) is 0 Å². The van der Waals surface area contributed by atoms with Crippen LogP contribution in [0.25, 0.3) is 0 Å². The standard InChI is InChI=1S/C21H37NO3S/c1-4-5-6-7-8-9-10-11-12-13-16-20-17-14-15-18-21(20)26(23,24)25-22-19(2)3/h14-15,17-19,22H,4-13,16H2,1-3H3. The maximum atomic E-state index is 12.4. The molecule has 0 atom stereocenters. The topological polar surface area (TPSA) is 55.4 Å². The predicted molar refractivity (Wildman–Crippen MR) is 109 cm³/mol. The van der Waals surface area contributed by atoms with Gasteiger partial charge >= 0.3 is 10.1 Å². The molecule has 0 unspecified atom stereocenters. The van der Waals surface area contributed by atoms with E-state index in [1.165, 1.54) is 51.4 Å². The summed E-state index contributed by atoms with van der Waals surface area (Å²) in [5.74, 6) is 0. The van der Waals surface area contributed by atoms with Gasteiger partial charge in [-0.1, -0.05) is 82.9 Å². The quantitative estimate of drug-likeness (QED) is 0.309. The highest BCUT2D eigenvalue weighted by Gasteiger charge is 2.19. The molecule has 1 rings (SSSR count). The van der Waals surface area contributed by atoms with Crippen LogP contribution in [0.3, 0.4) is 0 Å². The van der Waals surface area contributed by atoms with E-state index in [-0.39, 0.29) is 10.9 Å². The second-order valence-electron chi connectivity index (χ2n) is 7.35. The summed E-state index contributed by atoms with van der Waals surface area (Å²) in [5, 5.41) is 0. The fourth-order valence-corrected chi connectivity index (χ4v) is 4.11. The molecule has 0 amide bonds. The molecule has 1 N–H and O–H groups in total. The molecule has 0 saturated carbocycles. The summed E-state index contributed by atoms with van der Waals surface area (Å²) in [6.07, 6.45) is 13.5. The summed E-state index contributed by atoms with van der Waals surface area (Å²) in [5.41, 5.74) is 3.38. The average molecular weight is 384 g/mol. The Morgan fingerprint density at radius 3 is 2.00 bits per heavy atom. The molecular weight excluding hydrogens is 346 g/mol. The maximum Gasteiger partial charge on any atom is 0.313 e. The molecular formula is C21H37NO3S. The summed E-state index contributed by atoms with van der Waals surface area (Å²) in [6, 6.07) is 7.09. The highest BCUT2D eigenvalue weighted by atomic mass is 32.2. The molecule has 1 aromatic rings. The lowest BCUT2D eigenvalue weighted by molar-refractivity contribution is 0.177. The van der Waals surface area contributed by atoms with Crippen molar-refractivity contribution in [3.63, 3.8) is 0 Å². The van der Waals surface area contributed by atoms with Crippen molar-refractivity contribution in [1.82, 2.24) is 5.48 Å². The van der Waals surface area contributed by atoms with Crippen molar-refractivity contribution >= 4 is 10.1 Å². The second kappa shape index (κ2) is 13.3. The van der Waals surface area contributed by atoms with E-state index in [4.69, 9.17) is 4.28 Å². The molecule has 0 bridgehead atoms. The minimum atomic E-state index is -3.76. The summed E-state index contributed by atoms with van der Waals surface area (Å²) in [6.45, 7) is 5.92. The minimum absolute atomic E-state index is 0.0566. The number of rotatable bonds is 15. The molecule has 0 saturated heterocycles. The number of hydrogen-bond donors (Lipinski definition) is 1. The van der Waals surface area contributed by atoms with Gasteiger partial charge in [0.1, 0.15) is 0 Å². The van der Waals surface area contributed by atoms with E-state index in [2.05, 4.69) is 12.4 Å². The van der Waals surface area contributed by atoms with Crippen LogP contribution in [0.1, 0.15) is 90.5 Å².